The van der Waals surface area contributed by atoms with Crippen molar-refractivity contribution < 1.29 is 13.5 Å². The SMILES string of the molecule is O=S(=O)(N1CCC(CO)CC1)N1CCCC2CCCC21. The predicted octanol–water partition coefficient (Wildman–Crippen LogP) is 1.20. The lowest BCUT2D eigenvalue weighted by molar-refractivity contribution is 0.152. The summed E-state index contributed by atoms with van der Waals surface area (Å²) in [6.45, 7) is 2.02. The van der Waals surface area contributed by atoms with Crippen LogP contribution in [0, 0.1) is 11.8 Å². The van der Waals surface area contributed by atoms with Crippen molar-refractivity contribution in [3.05, 3.63) is 0 Å². The normalized spacial score (nSPS) is 34.2. The van der Waals surface area contributed by atoms with Crippen LogP contribution in [-0.4, -0.2) is 54.4 Å². The van der Waals surface area contributed by atoms with Crippen LogP contribution in [0.3, 0.4) is 0 Å². The molecule has 0 bridgehead atoms. The highest BCUT2D eigenvalue weighted by molar-refractivity contribution is 7.86. The number of aliphatic hydroxyl groups is 1. The van der Waals surface area contributed by atoms with E-state index < -0.39 is 10.2 Å². The van der Waals surface area contributed by atoms with Gasteiger partial charge in [0.2, 0.25) is 0 Å². The fourth-order valence-electron chi connectivity index (χ4n) is 4.17. The largest absolute Gasteiger partial charge is 0.396 e. The smallest absolute Gasteiger partial charge is 0.282 e. The van der Waals surface area contributed by atoms with Crippen LogP contribution in [0.1, 0.15) is 44.9 Å². The molecular weight excluding hydrogens is 276 g/mol. The number of hydrogen-bond acceptors (Lipinski definition) is 3. The molecule has 1 saturated carbocycles. The van der Waals surface area contributed by atoms with Crippen molar-refractivity contribution in [2.75, 3.05) is 26.2 Å². The van der Waals surface area contributed by atoms with E-state index in [4.69, 9.17) is 0 Å². The number of hydrogen-bond donors (Lipinski definition) is 1. The molecule has 5 nitrogen and oxygen atoms in total. The third-order valence-electron chi connectivity index (χ3n) is 5.40. The van der Waals surface area contributed by atoms with Gasteiger partial charge in [-0.1, -0.05) is 6.42 Å². The number of aliphatic hydroxyl groups excluding tert-OH is 1. The van der Waals surface area contributed by atoms with Crippen LogP contribution in [-0.2, 0) is 10.2 Å². The lowest BCUT2D eigenvalue weighted by Gasteiger charge is -2.41. The Morgan fingerprint density at radius 2 is 1.65 bits per heavy atom. The molecular formula is C14H26N2O3S. The average Bonchev–Trinajstić information content (AvgIpc) is 2.95. The maximum Gasteiger partial charge on any atom is 0.282 e. The minimum Gasteiger partial charge on any atom is -0.396 e. The minimum atomic E-state index is -3.29. The molecule has 0 amide bonds. The Balaban J connectivity index is 1.71. The molecule has 0 aromatic rings. The van der Waals surface area contributed by atoms with Gasteiger partial charge in [0.25, 0.3) is 10.2 Å². The van der Waals surface area contributed by atoms with E-state index in [2.05, 4.69) is 0 Å². The van der Waals surface area contributed by atoms with E-state index in [1.54, 1.807) is 8.61 Å². The van der Waals surface area contributed by atoms with Gasteiger partial charge in [-0.2, -0.15) is 17.0 Å². The Bertz CT molecular complexity index is 432. The quantitative estimate of drug-likeness (QED) is 0.852. The van der Waals surface area contributed by atoms with Crippen molar-refractivity contribution in [2.45, 2.75) is 51.0 Å². The summed E-state index contributed by atoms with van der Waals surface area (Å²) in [6, 6.07) is 0.254. The topological polar surface area (TPSA) is 60.9 Å². The zero-order valence-corrected chi connectivity index (χ0v) is 12.9. The van der Waals surface area contributed by atoms with E-state index in [1.165, 1.54) is 19.3 Å². The van der Waals surface area contributed by atoms with Gasteiger partial charge in [0, 0.05) is 32.3 Å². The second-order valence-corrected chi connectivity index (χ2v) is 8.43. The van der Waals surface area contributed by atoms with Crippen LogP contribution in [0.15, 0.2) is 0 Å². The van der Waals surface area contributed by atoms with E-state index in [0.717, 1.165) is 25.7 Å². The first-order valence-electron chi connectivity index (χ1n) is 8.00. The van der Waals surface area contributed by atoms with E-state index in [1.807, 2.05) is 0 Å². The molecule has 6 heteroatoms. The van der Waals surface area contributed by atoms with Crippen LogP contribution in [0.4, 0.5) is 0 Å². The summed E-state index contributed by atoms with van der Waals surface area (Å²) in [5, 5.41) is 9.17. The van der Waals surface area contributed by atoms with Gasteiger partial charge in [-0.3, -0.25) is 0 Å². The zero-order valence-electron chi connectivity index (χ0n) is 12.1. The van der Waals surface area contributed by atoms with Gasteiger partial charge in [0.05, 0.1) is 0 Å². The van der Waals surface area contributed by atoms with Crippen molar-refractivity contribution in [3.63, 3.8) is 0 Å². The Hall–Kier alpha value is -0.170. The summed E-state index contributed by atoms with van der Waals surface area (Å²) in [4.78, 5) is 0. The van der Waals surface area contributed by atoms with Gasteiger partial charge < -0.3 is 5.11 Å². The van der Waals surface area contributed by atoms with E-state index >= 15 is 0 Å². The van der Waals surface area contributed by atoms with Gasteiger partial charge in [0.15, 0.2) is 0 Å². The van der Waals surface area contributed by atoms with Crippen LogP contribution in [0.5, 0.6) is 0 Å². The van der Waals surface area contributed by atoms with Crippen molar-refractivity contribution in [2.24, 2.45) is 11.8 Å². The van der Waals surface area contributed by atoms with Crippen LogP contribution >= 0.6 is 0 Å². The first-order chi connectivity index (χ1) is 9.63. The van der Waals surface area contributed by atoms with E-state index in [9.17, 15) is 13.5 Å². The van der Waals surface area contributed by atoms with Gasteiger partial charge >= 0.3 is 0 Å². The van der Waals surface area contributed by atoms with Crippen LogP contribution in [0.25, 0.3) is 0 Å². The van der Waals surface area contributed by atoms with Crippen molar-refractivity contribution in [1.29, 1.82) is 0 Å². The summed E-state index contributed by atoms with van der Waals surface area (Å²) in [5.41, 5.74) is 0. The lowest BCUT2D eigenvalue weighted by Crippen LogP contribution is -2.53. The third-order valence-corrected chi connectivity index (χ3v) is 7.46. The highest BCUT2D eigenvalue weighted by Crippen LogP contribution is 2.39. The standard InChI is InChI=1S/C14H26N2O3S/c17-11-12-6-9-15(10-7-12)20(18,19)16-8-2-4-13-3-1-5-14(13)16/h12-14,17H,1-11H2. The molecule has 3 rings (SSSR count). The average molecular weight is 302 g/mol. The fourth-order valence-corrected chi connectivity index (χ4v) is 6.11. The molecule has 3 aliphatic rings. The summed E-state index contributed by atoms with van der Waals surface area (Å²) in [7, 11) is -3.29. The molecule has 1 aliphatic carbocycles. The minimum absolute atomic E-state index is 0.183. The molecule has 0 aromatic heterocycles. The second kappa shape index (κ2) is 5.91. The molecule has 20 heavy (non-hydrogen) atoms. The Morgan fingerprint density at radius 3 is 2.35 bits per heavy atom. The molecule has 2 saturated heterocycles. The van der Waals surface area contributed by atoms with Crippen molar-refractivity contribution in [1.82, 2.24) is 8.61 Å². The molecule has 3 fully saturated rings. The fraction of sp³-hybridized carbons (Fsp3) is 1.00. The molecule has 2 unspecified atom stereocenters. The summed E-state index contributed by atoms with van der Waals surface area (Å²) in [6.07, 6.45) is 7.19. The van der Waals surface area contributed by atoms with E-state index in [-0.39, 0.29) is 18.6 Å². The Labute approximate surface area is 122 Å². The zero-order chi connectivity index (χ0) is 14.2. The first kappa shape index (κ1) is 14.8. The van der Waals surface area contributed by atoms with Gasteiger partial charge in [-0.05, 0) is 50.4 Å². The maximum atomic E-state index is 12.9. The number of nitrogens with zero attached hydrogens (tertiary/aromatic N) is 2. The Kier molecular flexibility index (Phi) is 4.36. The number of fused-ring (bicyclic) bond motifs is 1. The van der Waals surface area contributed by atoms with E-state index in [0.29, 0.717) is 25.6 Å². The van der Waals surface area contributed by atoms with Gasteiger partial charge in [-0.15, -0.1) is 0 Å². The monoisotopic (exact) mass is 302 g/mol. The molecule has 1 N–H and O–H groups in total. The molecule has 0 radical (unpaired) electrons. The summed E-state index contributed by atoms with van der Waals surface area (Å²) < 4.78 is 29.2. The maximum absolute atomic E-state index is 12.9. The molecule has 2 heterocycles. The van der Waals surface area contributed by atoms with Crippen molar-refractivity contribution in [3.8, 4) is 0 Å². The molecule has 116 valence electrons. The van der Waals surface area contributed by atoms with Crippen LogP contribution in [0.2, 0.25) is 0 Å². The van der Waals surface area contributed by atoms with Crippen LogP contribution < -0.4 is 0 Å². The molecule has 2 aliphatic heterocycles. The number of piperidine rings is 2. The first-order valence-corrected chi connectivity index (χ1v) is 9.40. The Morgan fingerprint density at radius 1 is 0.950 bits per heavy atom. The summed E-state index contributed by atoms with van der Waals surface area (Å²) in [5.74, 6) is 0.871. The van der Waals surface area contributed by atoms with Crippen molar-refractivity contribution >= 4 is 10.2 Å². The summed E-state index contributed by atoms with van der Waals surface area (Å²) >= 11 is 0. The predicted molar refractivity (Wildman–Crippen MR) is 77.4 cm³/mol. The third kappa shape index (κ3) is 2.63. The molecule has 0 aromatic carbocycles. The highest BCUT2D eigenvalue weighted by atomic mass is 32.2. The van der Waals surface area contributed by atoms with Gasteiger partial charge in [-0.25, -0.2) is 0 Å². The molecule has 0 spiro atoms. The highest BCUT2D eigenvalue weighted by Gasteiger charge is 2.43. The lowest BCUT2D eigenvalue weighted by atomic mass is 9.94. The van der Waals surface area contributed by atoms with Gasteiger partial charge in [0.1, 0.15) is 0 Å². The molecule has 2 atom stereocenters. The second-order valence-electron chi connectivity index (χ2n) is 6.54. The number of rotatable bonds is 3.